The third-order valence-electron chi connectivity index (χ3n) is 3.24. The highest BCUT2D eigenvalue weighted by molar-refractivity contribution is 7.07. The van der Waals surface area contributed by atoms with Gasteiger partial charge in [0.2, 0.25) is 0 Å². The topological polar surface area (TPSA) is 85.3 Å². The third kappa shape index (κ3) is 2.72. The molecule has 7 heteroatoms. The Morgan fingerprint density at radius 1 is 1.50 bits per heavy atom. The molecule has 20 heavy (non-hydrogen) atoms. The molecule has 0 amide bonds. The summed E-state index contributed by atoms with van der Waals surface area (Å²) < 4.78 is 0. The number of pyridine rings is 1. The second-order valence-corrected chi connectivity index (χ2v) is 5.64. The summed E-state index contributed by atoms with van der Waals surface area (Å²) in [7, 11) is 0. The molecule has 0 radical (unpaired) electrons. The van der Waals surface area contributed by atoms with Crippen LogP contribution < -0.4 is 10.6 Å². The van der Waals surface area contributed by atoms with Crippen molar-refractivity contribution in [1.29, 1.82) is 0 Å². The van der Waals surface area contributed by atoms with Crippen LogP contribution >= 0.6 is 11.3 Å². The minimum Gasteiger partial charge on any atom is -0.383 e. The predicted octanol–water partition coefficient (Wildman–Crippen LogP) is 2.80. The Balaban J connectivity index is 1.93. The van der Waals surface area contributed by atoms with Crippen LogP contribution in [-0.2, 0) is 6.54 Å². The maximum Gasteiger partial charge on any atom is 0.276 e. The first kappa shape index (κ1) is 12.9. The van der Waals surface area contributed by atoms with Crippen LogP contribution in [0.4, 0.5) is 17.3 Å². The Labute approximate surface area is 120 Å². The Morgan fingerprint density at radius 3 is 2.90 bits per heavy atom. The van der Waals surface area contributed by atoms with Gasteiger partial charge < -0.3 is 10.6 Å². The van der Waals surface area contributed by atoms with Crippen LogP contribution in [0, 0.1) is 10.1 Å². The molecule has 0 aliphatic heterocycles. The molecule has 1 fully saturated rings. The maximum atomic E-state index is 10.9. The van der Waals surface area contributed by atoms with Crippen LogP contribution in [0.5, 0.6) is 0 Å². The number of nitrogen functional groups attached to an aromatic ring is 1. The summed E-state index contributed by atoms with van der Waals surface area (Å²) in [6.07, 6.45) is 2.18. The van der Waals surface area contributed by atoms with Crippen molar-refractivity contribution in [3.05, 3.63) is 44.6 Å². The number of thiophene rings is 1. The number of rotatable bonds is 5. The second kappa shape index (κ2) is 5.09. The fourth-order valence-corrected chi connectivity index (χ4v) is 2.80. The van der Waals surface area contributed by atoms with Crippen LogP contribution in [0.2, 0.25) is 0 Å². The van der Waals surface area contributed by atoms with Gasteiger partial charge in [-0.15, -0.1) is 0 Å². The second-order valence-electron chi connectivity index (χ2n) is 4.86. The number of aromatic nitrogens is 1. The first-order valence-electron chi connectivity index (χ1n) is 6.33. The summed E-state index contributed by atoms with van der Waals surface area (Å²) in [5.74, 6) is 0.774. The quantitative estimate of drug-likeness (QED) is 0.676. The number of hydrogen-bond donors (Lipinski definition) is 1. The van der Waals surface area contributed by atoms with E-state index in [2.05, 4.69) is 21.3 Å². The smallest absolute Gasteiger partial charge is 0.276 e. The van der Waals surface area contributed by atoms with Gasteiger partial charge in [-0.25, -0.2) is 4.98 Å². The molecule has 0 saturated heterocycles. The van der Waals surface area contributed by atoms with Gasteiger partial charge in [-0.1, -0.05) is 0 Å². The van der Waals surface area contributed by atoms with Crippen LogP contribution in [0.1, 0.15) is 18.4 Å². The van der Waals surface area contributed by atoms with E-state index in [0.717, 1.165) is 12.8 Å². The highest BCUT2D eigenvalue weighted by Gasteiger charge is 2.31. The van der Waals surface area contributed by atoms with Crippen LogP contribution in [0.3, 0.4) is 0 Å². The van der Waals surface area contributed by atoms with E-state index >= 15 is 0 Å². The first-order valence-corrected chi connectivity index (χ1v) is 7.27. The van der Waals surface area contributed by atoms with Gasteiger partial charge in [0.1, 0.15) is 11.6 Å². The average Bonchev–Trinajstić information content (AvgIpc) is 3.12. The lowest BCUT2D eigenvalue weighted by Crippen LogP contribution is -2.26. The lowest BCUT2D eigenvalue weighted by atomic mass is 10.3. The number of hydrogen-bond acceptors (Lipinski definition) is 6. The molecule has 6 nitrogen and oxygen atoms in total. The van der Waals surface area contributed by atoms with E-state index < -0.39 is 4.92 Å². The molecule has 0 aromatic carbocycles. The zero-order valence-corrected chi connectivity index (χ0v) is 11.5. The normalized spacial score (nSPS) is 14.2. The molecule has 1 aliphatic rings. The number of nitro groups is 1. The minimum atomic E-state index is -0.433. The van der Waals surface area contributed by atoms with E-state index in [1.54, 1.807) is 11.3 Å². The van der Waals surface area contributed by atoms with Crippen molar-refractivity contribution in [2.45, 2.75) is 25.4 Å². The molecular weight excluding hydrogens is 276 g/mol. The predicted molar refractivity (Wildman–Crippen MR) is 78.8 cm³/mol. The monoisotopic (exact) mass is 290 g/mol. The van der Waals surface area contributed by atoms with E-state index in [-0.39, 0.29) is 11.5 Å². The summed E-state index contributed by atoms with van der Waals surface area (Å²) in [5.41, 5.74) is 6.87. The Hall–Kier alpha value is -2.15. The molecule has 104 valence electrons. The molecule has 1 aliphatic carbocycles. The average molecular weight is 290 g/mol. The number of nitrogens with two attached hydrogens (primary N) is 1. The van der Waals surface area contributed by atoms with Crippen LogP contribution in [-0.4, -0.2) is 15.9 Å². The van der Waals surface area contributed by atoms with Crippen LogP contribution in [0.25, 0.3) is 0 Å². The number of nitrogens with zero attached hydrogens (tertiary/aromatic N) is 3. The first-order chi connectivity index (χ1) is 9.63. The molecule has 2 aromatic heterocycles. The highest BCUT2D eigenvalue weighted by Crippen LogP contribution is 2.34. The van der Waals surface area contributed by atoms with Gasteiger partial charge in [-0.2, -0.15) is 11.3 Å². The fraction of sp³-hybridized carbons (Fsp3) is 0.308. The summed E-state index contributed by atoms with van der Waals surface area (Å²) in [4.78, 5) is 16.9. The summed E-state index contributed by atoms with van der Waals surface area (Å²) in [6, 6.07) is 5.25. The van der Waals surface area contributed by atoms with Crippen molar-refractivity contribution >= 4 is 28.7 Å². The van der Waals surface area contributed by atoms with Crippen molar-refractivity contribution in [2.24, 2.45) is 0 Å². The summed E-state index contributed by atoms with van der Waals surface area (Å²) in [6.45, 7) is 0.710. The van der Waals surface area contributed by atoms with E-state index in [4.69, 9.17) is 5.73 Å². The van der Waals surface area contributed by atoms with E-state index in [0.29, 0.717) is 18.4 Å². The molecule has 2 heterocycles. The molecule has 0 unspecified atom stereocenters. The summed E-state index contributed by atoms with van der Waals surface area (Å²) >= 11 is 1.64. The largest absolute Gasteiger partial charge is 0.383 e. The van der Waals surface area contributed by atoms with Gasteiger partial charge in [0.05, 0.1) is 17.1 Å². The van der Waals surface area contributed by atoms with Gasteiger partial charge >= 0.3 is 0 Å². The van der Waals surface area contributed by atoms with Crippen molar-refractivity contribution in [3.63, 3.8) is 0 Å². The van der Waals surface area contributed by atoms with E-state index in [1.165, 1.54) is 17.7 Å². The lowest BCUT2D eigenvalue weighted by molar-refractivity contribution is -0.384. The van der Waals surface area contributed by atoms with Crippen molar-refractivity contribution in [3.8, 4) is 0 Å². The Kier molecular flexibility index (Phi) is 3.27. The fourth-order valence-electron chi connectivity index (χ4n) is 2.14. The third-order valence-corrected chi connectivity index (χ3v) is 3.97. The molecule has 1 saturated carbocycles. The van der Waals surface area contributed by atoms with Crippen molar-refractivity contribution in [1.82, 2.24) is 4.98 Å². The van der Waals surface area contributed by atoms with Gasteiger partial charge in [-0.3, -0.25) is 10.1 Å². The van der Waals surface area contributed by atoms with Gasteiger partial charge in [0, 0.05) is 12.6 Å². The van der Waals surface area contributed by atoms with Crippen molar-refractivity contribution in [2.75, 3.05) is 10.6 Å². The maximum absolute atomic E-state index is 10.9. The zero-order valence-electron chi connectivity index (χ0n) is 10.7. The van der Waals surface area contributed by atoms with Gasteiger partial charge in [0.15, 0.2) is 0 Å². The molecule has 2 aromatic rings. The standard InChI is InChI=1S/C13H14N4O2S/c14-12-5-11(17(18)19)6-13(15-12)16(10-1-2-10)7-9-3-4-20-8-9/h3-6,8,10H,1-2,7H2,(H2,14,15). The van der Waals surface area contributed by atoms with Crippen molar-refractivity contribution < 1.29 is 4.92 Å². The number of anilines is 2. The highest BCUT2D eigenvalue weighted by atomic mass is 32.1. The Morgan fingerprint density at radius 2 is 2.30 bits per heavy atom. The zero-order chi connectivity index (χ0) is 14.1. The summed E-state index contributed by atoms with van der Waals surface area (Å²) in [5, 5.41) is 15.0. The van der Waals surface area contributed by atoms with Gasteiger partial charge in [-0.05, 0) is 35.2 Å². The SMILES string of the molecule is Nc1cc([N+](=O)[O-])cc(N(Cc2ccsc2)C2CC2)n1. The Bertz CT molecular complexity index is 625. The molecular formula is C13H14N4O2S. The molecule has 0 atom stereocenters. The molecule has 2 N–H and O–H groups in total. The van der Waals surface area contributed by atoms with Crippen LogP contribution in [0.15, 0.2) is 29.0 Å². The minimum absolute atomic E-state index is 0.0107. The molecule has 3 rings (SSSR count). The van der Waals surface area contributed by atoms with Gasteiger partial charge in [0.25, 0.3) is 5.69 Å². The molecule has 0 spiro atoms. The van der Waals surface area contributed by atoms with E-state index in [1.807, 2.05) is 5.38 Å². The lowest BCUT2D eigenvalue weighted by Gasteiger charge is -2.23. The van der Waals surface area contributed by atoms with E-state index in [9.17, 15) is 10.1 Å². The molecule has 0 bridgehead atoms.